The van der Waals surface area contributed by atoms with Crippen LogP contribution in [0.4, 0.5) is 0 Å². The number of thiazole rings is 1. The summed E-state index contributed by atoms with van der Waals surface area (Å²) in [6, 6.07) is 0. The van der Waals surface area contributed by atoms with E-state index in [0.717, 1.165) is 10.1 Å². The highest BCUT2D eigenvalue weighted by Crippen LogP contribution is 2.22. The third-order valence-electron chi connectivity index (χ3n) is 1.60. The van der Waals surface area contributed by atoms with Gasteiger partial charge in [-0.3, -0.25) is 4.79 Å². The summed E-state index contributed by atoms with van der Waals surface area (Å²) in [5.41, 5.74) is 0. The zero-order valence-corrected chi connectivity index (χ0v) is 8.84. The SMILES string of the molecule is CCOc1cnc(CCCC(=O)O)s1. The standard InChI is InChI=1S/C9H13NO3S/c1-2-13-9-6-10-7(14-9)4-3-5-8(11)12/h6H,2-5H2,1H3,(H,11,12). The minimum atomic E-state index is -0.758. The van der Waals surface area contributed by atoms with Gasteiger partial charge in [0.15, 0.2) is 5.06 Å². The fraction of sp³-hybridized carbons (Fsp3) is 0.556. The molecular formula is C9H13NO3S. The van der Waals surface area contributed by atoms with Crippen molar-refractivity contribution in [1.82, 2.24) is 4.98 Å². The molecule has 0 saturated heterocycles. The van der Waals surface area contributed by atoms with E-state index in [-0.39, 0.29) is 6.42 Å². The number of aliphatic carboxylic acids is 1. The molecule has 0 aliphatic heterocycles. The molecule has 0 saturated carbocycles. The molecule has 1 aromatic heterocycles. The Kier molecular flexibility index (Phi) is 4.39. The summed E-state index contributed by atoms with van der Waals surface area (Å²) in [7, 11) is 0. The van der Waals surface area contributed by atoms with Crippen molar-refractivity contribution in [3.63, 3.8) is 0 Å². The van der Waals surface area contributed by atoms with Crippen LogP contribution in [0.25, 0.3) is 0 Å². The van der Waals surface area contributed by atoms with Crippen LogP contribution in [0.3, 0.4) is 0 Å². The number of hydrogen-bond acceptors (Lipinski definition) is 4. The Balaban J connectivity index is 2.32. The summed E-state index contributed by atoms with van der Waals surface area (Å²) in [5.74, 6) is -0.758. The predicted octanol–water partition coefficient (Wildman–Crippen LogP) is 1.95. The second-order valence-electron chi connectivity index (χ2n) is 2.75. The Hall–Kier alpha value is -1.10. The second-order valence-corrected chi connectivity index (χ2v) is 3.83. The average Bonchev–Trinajstić information content (AvgIpc) is 2.53. The maximum Gasteiger partial charge on any atom is 0.303 e. The molecule has 0 aliphatic carbocycles. The molecular weight excluding hydrogens is 202 g/mol. The molecule has 1 N–H and O–H groups in total. The van der Waals surface area contributed by atoms with Gasteiger partial charge in [0.1, 0.15) is 0 Å². The van der Waals surface area contributed by atoms with Gasteiger partial charge in [-0.05, 0) is 19.8 Å². The summed E-state index contributed by atoms with van der Waals surface area (Å²) in [6.07, 6.45) is 3.23. The topological polar surface area (TPSA) is 59.4 Å². The molecule has 14 heavy (non-hydrogen) atoms. The Morgan fingerprint density at radius 3 is 3.14 bits per heavy atom. The summed E-state index contributed by atoms with van der Waals surface area (Å²) in [4.78, 5) is 14.4. The number of carbonyl (C=O) groups is 1. The highest BCUT2D eigenvalue weighted by molar-refractivity contribution is 7.13. The van der Waals surface area contributed by atoms with Gasteiger partial charge in [0, 0.05) is 6.42 Å². The number of ether oxygens (including phenoxy) is 1. The molecule has 0 unspecified atom stereocenters. The van der Waals surface area contributed by atoms with Gasteiger partial charge < -0.3 is 9.84 Å². The van der Waals surface area contributed by atoms with E-state index >= 15 is 0 Å². The van der Waals surface area contributed by atoms with Gasteiger partial charge in [0.2, 0.25) is 0 Å². The molecule has 1 heterocycles. The number of carboxylic acids is 1. The van der Waals surface area contributed by atoms with Crippen molar-refractivity contribution >= 4 is 17.3 Å². The van der Waals surface area contributed by atoms with E-state index in [9.17, 15) is 4.79 Å². The summed E-state index contributed by atoms with van der Waals surface area (Å²) in [5, 5.41) is 10.2. The lowest BCUT2D eigenvalue weighted by atomic mass is 10.2. The Labute approximate surface area is 86.6 Å². The van der Waals surface area contributed by atoms with E-state index in [1.807, 2.05) is 6.92 Å². The number of aromatic nitrogens is 1. The van der Waals surface area contributed by atoms with Crippen molar-refractivity contribution in [2.45, 2.75) is 26.2 Å². The van der Waals surface area contributed by atoms with Crippen LogP contribution in [-0.2, 0) is 11.2 Å². The second kappa shape index (κ2) is 5.59. The maximum atomic E-state index is 10.3. The van der Waals surface area contributed by atoms with Gasteiger partial charge in [-0.2, -0.15) is 0 Å². The molecule has 0 spiro atoms. The van der Waals surface area contributed by atoms with Crippen LogP contribution in [0.1, 0.15) is 24.8 Å². The smallest absolute Gasteiger partial charge is 0.303 e. The van der Waals surface area contributed by atoms with Crippen molar-refractivity contribution < 1.29 is 14.6 Å². The van der Waals surface area contributed by atoms with Crippen LogP contribution in [0.2, 0.25) is 0 Å². The first kappa shape index (κ1) is 11.0. The molecule has 0 aliphatic rings. The van der Waals surface area contributed by atoms with Gasteiger partial charge in [0.25, 0.3) is 0 Å². The van der Waals surface area contributed by atoms with E-state index in [0.29, 0.717) is 19.4 Å². The Morgan fingerprint density at radius 1 is 1.71 bits per heavy atom. The largest absolute Gasteiger partial charge is 0.483 e. The molecule has 1 aromatic rings. The Bertz CT molecular complexity index is 298. The van der Waals surface area contributed by atoms with Gasteiger partial charge in [-0.25, -0.2) is 4.98 Å². The molecule has 1 rings (SSSR count). The molecule has 0 radical (unpaired) electrons. The highest BCUT2D eigenvalue weighted by atomic mass is 32.1. The lowest BCUT2D eigenvalue weighted by molar-refractivity contribution is -0.137. The number of rotatable bonds is 6. The monoisotopic (exact) mass is 215 g/mol. The minimum absolute atomic E-state index is 0.198. The van der Waals surface area contributed by atoms with Gasteiger partial charge in [-0.15, -0.1) is 0 Å². The normalized spacial score (nSPS) is 10.1. The fourth-order valence-electron chi connectivity index (χ4n) is 1.01. The molecule has 0 fully saturated rings. The molecule has 0 bridgehead atoms. The lowest BCUT2D eigenvalue weighted by Gasteiger charge is -1.94. The predicted molar refractivity (Wildman–Crippen MR) is 53.9 cm³/mol. The number of nitrogens with zero attached hydrogens (tertiary/aromatic N) is 1. The summed E-state index contributed by atoms with van der Waals surface area (Å²) < 4.78 is 5.25. The third kappa shape index (κ3) is 3.74. The lowest BCUT2D eigenvalue weighted by Crippen LogP contribution is -1.95. The molecule has 0 amide bonds. The van der Waals surface area contributed by atoms with E-state index in [1.54, 1.807) is 6.20 Å². The fourth-order valence-corrected chi connectivity index (χ4v) is 1.88. The number of aryl methyl sites for hydroxylation is 1. The highest BCUT2D eigenvalue weighted by Gasteiger charge is 2.03. The summed E-state index contributed by atoms with van der Waals surface area (Å²) in [6.45, 7) is 2.56. The molecule has 0 aromatic carbocycles. The van der Waals surface area contributed by atoms with E-state index in [4.69, 9.17) is 9.84 Å². The van der Waals surface area contributed by atoms with E-state index < -0.39 is 5.97 Å². The molecule has 78 valence electrons. The first-order valence-electron chi connectivity index (χ1n) is 4.51. The maximum absolute atomic E-state index is 10.3. The van der Waals surface area contributed by atoms with E-state index in [1.165, 1.54) is 11.3 Å². The van der Waals surface area contributed by atoms with Crippen LogP contribution in [-0.4, -0.2) is 22.7 Å². The van der Waals surface area contributed by atoms with Crippen LogP contribution >= 0.6 is 11.3 Å². The van der Waals surface area contributed by atoms with Gasteiger partial charge in [0.05, 0.1) is 17.8 Å². The van der Waals surface area contributed by atoms with Gasteiger partial charge >= 0.3 is 5.97 Å². The van der Waals surface area contributed by atoms with Crippen LogP contribution in [0.5, 0.6) is 5.06 Å². The van der Waals surface area contributed by atoms with Crippen molar-refractivity contribution in [1.29, 1.82) is 0 Å². The molecule has 4 nitrogen and oxygen atoms in total. The Morgan fingerprint density at radius 2 is 2.50 bits per heavy atom. The third-order valence-corrected chi connectivity index (χ3v) is 2.57. The van der Waals surface area contributed by atoms with Crippen molar-refractivity contribution in [3.8, 4) is 5.06 Å². The average molecular weight is 215 g/mol. The van der Waals surface area contributed by atoms with Crippen molar-refractivity contribution in [3.05, 3.63) is 11.2 Å². The van der Waals surface area contributed by atoms with Crippen LogP contribution in [0, 0.1) is 0 Å². The van der Waals surface area contributed by atoms with Crippen molar-refractivity contribution in [2.75, 3.05) is 6.61 Å². The van der Waals surface area contributed by atoms with Crippen LogP contribution < -0.4 is 4.74 Å². The molecule has 5 heteroatoms. The molecule has 0 atom stereocenters. The number of carboxylic acid groups (broad SMARTS) is 1. The number of hydrogen-bond donors (Lipinski definition) is 1. The quantitative estimate of drug-likeness (QED) is 0.788. The van der Waals surface area contributed by atoms with Gasteiger partial charge in [-0.1, -0.05) is 11.3 Å². The first-order valence-corrected chi connectivity index (χ1v) is 5.33. The van der Waals surface area contributed by atoms with Crippen molar-refractivity contribution in [2.24, 2.45) is 0 Å². The minimum Gasteiger partial charge on any atom is -0.483 e. The first-order chi connectivity index (χ1) is 6.72. The van der Waals surface area contributed by atoms with Crippen LogP contribution in [0.15, 0.2) is 6.20 Å². The summed E-state index contributed by atoms with van der Waals surface area (Å²) >= 11 is 1.48. The van der Waals surface area contributed by atoms with E-state index in [2.05, 4.69) is 4.98 Å². The zero-order chi connectivity index (χ0) is 10.4. The zero-order valence-electron chi connectivity index (χ0n) is 8.02.